The standard InChI is InChI=1S/C64H124O6/c1-5-8-10-12-14-16-18-20-21-24-28-32-36-40-44-48-52-56-63(66)69-59-61(58-68-62(65)55-51-47-43-39-35-30-19-17-15-13-11-9-6-2)70-64(67)57-53-49-45-41-37-33-29-26-23-22-25-27-31-34-38-42-46-50-54-60(4)7-3/h60-61H,5-59H2,1-4H3/t60?,61-/m0/s1. The van der Waals surface area contributed by atoms with E-state index in [0.717, 1.165) is 63.7 Å². The van der Waals surface area contributed by atoms with E-state index in [0.29, 0.717) is 19.3 Å². The summed E-state index contributed by atoms with van der Waals surface area (Å²) in [5, 5.41) is 0. The lowest BCUT2D eigenvalue weighted by Gasteiger charge is -2.18. The van der Waals surface area contributed by atoms with Gasteiger partial charge in [-0.25, -0.2) is 0 Å². The smallest absolute Gasteiger partial charge is 0.306 e. The molecule has 0 saturated heterocycles. The van der Waals surface area contributed by atoms with E-state index < -0.39 is 6.10 Å². The Morgan fingerprint density at radius 3 is 0.743 bits per heavy atom. The molecule has 0 aliphatic rings. The summed E-state index contributed by atoms with van der Waals surface area (Å²) in [7, 11) is 0. The Hall–Kier alpha value is -1.59. The number of carbonyl (C=O) groups excluding carboxylic acids is 3. The molecular weight excluding hydrogens is 865 g/mol. The number of hydrogen-bond donors (Lipinski definition) is 0. The fourth-order valence-electron chi connectivity index (χ4n) is 9.95. The quantitative estimate of drug-likeness (QED) is 0.0343. The van der Waals surface area contributed by atoms with Crippen LogP contribution in [-0.4, -0.2) is 37.2 Å². The van der Waals surface area contributed by atoms with Crippen molar-refractivity contribution in [1.29, 1.82) is 0 Å². The molecule has 1 unspecified atom stereocenters. The highest BCUT2D eigenvalue weighted by Crippen LogP contribution is 2.19. The molecular formula is C64H124O6. The minimum absolute atomic E-state index is 0.0611. The van der Waals surface area contributed by atoms with Crippen LogP contribution in [0.25, 0.3) is 0 Å². The second kappa shape index (κ2) is 58.3. The van der Waals surface area contributed by atoms with Gasteiger partial charge in [0.25, 0.3) is 0 Å². The van der Waals surface area contributed by atoms with E-state index in [9.17, 15) is 14.4 Å². The number of hydrogen-bond acceptors (Lipinski definition) is 6. The summed E-state index contributed by atoms with van der Waals surface area (Å²) < 4.78 is 16.9. The minimum atomic E-state index is -0.762. The first-order valence-electron chi connectivity index (χ1n) is 31.9. The van der Waals surface area contributed by atoms with E-state index in [1.54, 1.807) is 0 Å². The molecule has 0 fully saturated rings. The molecule has 416 valence electrons. The Labute approximate surface area is 438 Å². The van der Waals surface area contributed by atoms with Gasteiger partial charge in [0.1, 0.15) is 13.2 Å². The summed E-state index contributed by atoms with van der Waals surface area (Å²) in [6.07, 6.45) is 65.3. The predicted octanol–water partition coefficient (Wildman–Crippen LogP) is 21.4. The maximum Gasteiger partial charge on any atom is 0.306 e. The Balaban J connectivity index is 4.25. The first kappa shape index (κ1) is 68.4. The van der Waals surface area contributed by atoms with Gasteiger partial charge in [-0.05, 0) is 25.2 Å². The second-order valence-electron chi connectivity index (χ2n) is 22.3. The molecule has 0 aliphatic carbocycles. The van der Waals surface area contributed by atoms with Gasteiger partial charge >= 0.3 is 17.9 Å². The highest BCUT2D eigenvalue weighted by Gasteiger charge is 2.19. The zero-order valence-electron chi connectivity index (χ0n) is 48.0. The van der Waals surface area contributed by atoms with Crippen molar-refractivity contribution in [2.24, 2.45) is 5.92 Å². The van der Waals surface area contributed by atoms with Gasteiger partial charge in [0, 0.05) is 19.3 Å². The average Bonchev–Trinajstić information content (AvgIpc) is 3.36. The van der Waals surface area contributed by atoms with Gasteiger partial charge in [0.15, 0.2) is 6.10 Å². The number of esters is 3. The molecule has 0 saturated carbocycles. The largest absolute Gasteiger partial charge is 0.462 e. The average molecular weight is 990 g/mol. The third kappa shape index (κ3) is 55.7. The summed E-state index contributed by atoms with van der Waals surface area (Å²) >= 11 is 0. The lowest BCUT2D eigenvalue weighted by Crippen LogP contribution is -2.30. The second-order valence-corrected chi connectivity index (χ2v) is 22.3. The molecule has 0 amide bonds. The molecule has 0 rings (SSSR count). The van der Waals surface area contributed by atoms with Crippen LogP contribution in [0.5, 0.6) is 0 Å². The number of carbonyl (C=O) groups is 3. The molecule has 0 aromatic carbocycles. The van der Waals surface area contributed by atoms with E-state index in [1.807, 2.05) is 0 Å². The fourth-order valence-corrected chi connectivity index (χ4v) is 9.95. The zero-order valence-corrected chi connectivity index (χ0v) is 48.0. The van der Waals surface area contributed by atoms with Crippen LogP contribution in [0.15, 0.2) is 0 Å². The van der Waals surface area contributed by atoms with Crippen LogP contribution in [-0.2, 0) is 28.6 Å². The summed E-state index contributed by atoms with van der Waals surface area (Å²) in [4.78, 5) is 38.3. The molecule has 0 spiro atoms. The number of rotatable bonds is 59. The molecule has 0 aromatic rings. The normalized spacial score (nSPS) is 12.3. The molecule has 70 heavy (non-hydrogen) atoms. The third-order valence-electron chi connectivity index (χ3n) is 15.2. The van der Waals surface area contributed by atoms with Crippen molar-refractivity contribution in [3.63, 3.8) is 0 Å². The van der Waals surface area contributed by atoms with E-state index in [-0.39, 0.29) is 31.1 Å². The minimum Gasteiger partial charge on any atom is -0.462 e. The molecule has 0 bridgehead atoms. The summed E-state index contributed by atoms with van der Waals surface area (Å²) in [6.45, 7) is 9.13. The number of unbranched alkanes of at least 4 members (excludes halogenated alkanes) is 45. The highest BCUT2D eigenvalue weighted by atomic mass is 16.6. The first-order valence-corrected chi connectivity index (χ1v) is 31.9. The van der Waals surface area contributed by atoms with Gasteiger partial charge in [-0.3, -0.25) is 14.4 Å². The molecule has 6 nitrogen and oxygen atoms in total. The molecule has 0 aliphatic heterocycles. The van der Waals surface area contributed by atoms with Gasteiger partial charge in [0.05, 0.1) is 0 Å². The summed E-state index contributed by atoms with van der Waals surface area (Å²) in [5.74, 6) is 0.0812. The number of ether oxygens (including phenoxy) is 3. The molecule has 6 heteroatoms. The van der Waals surface area contributed by atoms with Crippen LogP contribution in [0.1, 0.15) is 368 Å². The van der Waals surface area contributed by atoms with E-state index in [2.05, 4.69) is 27.7 Å². The third-order valence-corrected chi connectivity index (χ3v) is 15.2. The van der Waals surface area contributed by atoms with Gasteiger partial charge in [0.2, 0.25) is 0 Å². The predicted molar refractivity (Wildman–Crippen MR) is 303 cm³/mol. The van der Waals surface area contributed by atoms with Crippen LogP contribution in [0.3, 0.4) is 0 Å². The molecule has 0 heterocycles. The van der Waals surface area contributed by atoms with Gasteiger partial charge in [-0.2, -0.15) is 0 Å². The van der Waals surface area contributed by atoms with E-state index >= 15 is 0 Å². The van der Waals surface area contributed by atoms with Gasteiger partial charge < -0.3 is 14.2 Å². The van der Waals surface area contributed by atoms with Crippen molar-refractivity contribution >= 4 is 17.9 Å². The van der Waals surface area contributed by atoms with Crippen LogP contribution in [0.4, 0.5) is 0 Å². The van der Waals surface area contributed by atoms with Crippen LogP contribution in [0, 0.1) is 5.92 Å². The van der Waals surface area contributed by atoms with Gasteiger partial charge in [-0.15, -0.1) is 0 Å². The maximum atomic E-state index is 12.9. The fraction of sp³-hybridized carbons (Fsp3) is 0.953. The summed E-state index contributed by atoms with van der Waals surface area (Å²) in [5.41, 5.74) is 0. The van der Waals surface area contributed by atoms with E-state index in [1.165, 1.54) is 263 Å². The van der Waals surface area contributed by atoms with Crippen LogP contribution in [0.2, 0.25) is 0 Å². The van der Waals surface area contributed by atoms with Crippen molar-refractivity contribution in [1.82, 2.24) is 0 Å². The van der Waals surface area contributed by atoms with Crippen molar-refractivity contribution in [3.05, 3.63) is 0 Å². The Morgan fingerprint density at radius 1 is 0.286 bits per heavy atom. The Bertz CT molecular complexity index is 1060. The SMILES string of the molecule is CCCCCCCCCCCCCCCCCCCC(=O)OC[C@H](COC(=O)CCCCCCCCCCCCCCC)OC(=O)CCCCCCCCCCCCCCCCCCCCC(C)CC. The molecule has 0 radical (unpaired) electrons. The van der Waals surface area contributed by atoms with Crippen molar-refractivity contribution < 1.29 is 28.6 Å². The topological polar surface area (TPSA) is 78.9 Å². The highest BCUT2D eigenvalue weighted by molar-refractivity contribution is 5.71. The van der Waals surface area contributed by atoms with E-state index in [4.69, 9.17) is 14.2 Å². The Morgan fingerprint density at radius 2 is 0.500 bits per heavy atom. The monoisotopic (exact) mass is 989 g/mol. The van der Waals surface area contributed by atoms with Crippen LogP contribution >= 0.6 is 0 Å². The lowest BCUT2D eigenvalue weighted by atomic mass is 9.99. The molecule has 0 N–H and O–H groups in total. The van der Waals surface area contributed by atoms with Crippen molar-refractivity contribution in [2.75, 3.05) is 13.2 Å². The summed E-state index contributed by atoms with van der Waals surface area (Å²) in [6, 6.07) is 0. The Kier molecular flexibility index (Phi) is 57.0. The molecule has 2 atom stereocenters. The van der Waals surface area contributed by atoms with Crippen LogP contribution < -0.4 is 0 Å². The first-order chi connectivity index (χ1) is 34.4. The maximum absolute atomic E-state index is 12.9. The van der Waals surface area contributed by atoms with Crippen molar-refractivity contribution in [3.8, 4) is 0 Å². The molecule has 0 aromatic heterocycles. The van der Waals surface area contributed by atoms with Crippen molar-refractivity contribution in [2.45, 2.75) is 374 Å². The van der Waals surface area contributed by atoms with Gasteiger partial charge in [-0.1, -0.05) is 329 Å². The lowest BCUT2D eigenvalue weighted by molar-refractivity contribution is -0.167. The zero-order chi connectivity index (χ0) is 50.9.